The average molecular weight is 214 g/mol. The second-order valence-corrected chi connectivity index (χ2v) is 4.49. The van der Waals surface area contributed by atoms with Gasteiger partial charge in [0.25, 0.3) is 0 Å². The number of nitrogens with one attached hydrogen (secondary N) is 2. The standard InChI is InChI=1S/C12H26N2O/c1-6-11(7-2)14-12(15)8-13-10(5)9(3)4/h9-11,13H,6-8H2,1-5H3,(H,14,15). The van der Waals surface area contributed by atoms with Gasteiger partial charge in [0.05, 0.1) is 6.54 Å². The quantitative estimate of drug-likeness (QED) is 0.680. The lowest BCUT2D eigenvalue weighted by molar-refractivity contribution is -0.121. The third-order valence-electron chi connectivity index (χ3n) is 2.94. The van der Waals surface area contributed by atoms with Gasteiger partial charge in [-0.2, -0.15) is 0 Å². The molecule has 0 radical (unpaired) electrons. The first-order valence-electron chi connectivity index (χ1n) is 6.03. The van der Waals surface area contributed by atoms with Gasteiger partial charge in [-0.1, -0.05) is 27.7 Å². The number of hydrogen-bond donors (Lipinski definition) is 2. The molecule has 0 heterocycles. The minimum absolute atomic E-state index is 0.108. The van der Waals surface area contributed by atoms with E-state index in [2.05, 4.69) is 45.3 Å². The zero-order valence-electron chi connectivity index (χ0n) is 10.8. The molecule has 1 atom stereocenters. The molecule has 0 aromatic rings. The fraction of sp³-hybridized carbons (Fsp3) is 0.917. The Morgan fingerprint density at radius 1 is 1.13 bits per heavy atom. The van der Waals surface area contributed by atoms with Crippen LogP contribution in [0.3, 0.4) is 0 Å². The Bertz CT molecular complexity index is 176. The van der Waals surface area contributed by atoms with Gasteiger partial charge in [-0.3, -0.25) is 4.79 Å². The maximum absolute atomic E-state index is 11.5. The van der Waals surface area contributed by atoms with Crippen LogP contribution >= 0.6 is 0 Å². The van der Waals surface area contributed by atoms with Gasteiger partial charge in [-0.15, -0.1) is 0 Å². The molecule has 0 aliphatic carbocycles. The molecule has 15 heavy (non-hydrogen) atoms. The molecular formula is C12H26N2O. The summed E-state index contributed by atoms with van der Waals surface area (Å²) < 4.78 is 0. The topological polar surface area (TPSA) is 41.1 Å². The van der Waals surface area contributed by atoms with Crippen molar-refractivity contribution in [2.24, 2.45) is 5.92 Å². The molecular weight excluding hydrogens is 188 g/mol. The van der Waals surface area contributed by atoms with E-state index in [-0.39, 0.29) is 5.91 Å². The normalized spacial score (nSPS) is 13.3. The highest BCUT2D eigenvalue weighted by Gasteiger charge is 2.10. The number of rotatable bonds is 7. The van der Waals surface area contributed by atoms with E-state index < -0.39 is 0 Å². The molecule has 0 aromatic carbocycles. The Labute approximate surface area is 94.0 Å². The molecule has 0 aliphatic rings. The molecule has 1 unspecified atom stereocenters. The molecule has 0 saturated heterocycles. The zero-order valence-corrected chi connectivity index (χ0v) is 10.8. The largest absolute Gasteiger partial charge is 0.352 e. The van der Waals surface area contributed by atoms with E-state index in [1.165, 1.54) is 0 Å². The van der Waals surface area contributed by atoms with Gasteiger partial charge in [0.2, 0.25) is 5.91 Å². The van der Waals surface area contributed by atoms with Crippen molar-refractivity contribution in [3.8, 4) is 0 Å². The summed E-state index contributed by atoms with van der Waals surface area (Å²) in [5, 5.41) is 6.23. The molecule has 2 N–H and O–H groups in total. The lowest BCUT2D eigenvalue weighted by atomic mass is 10.1. The fourth-order valence-corrected chi connectivity index (χ4v) is 1.26. The minimum atomic E-state index is 0.108. The first kappa shape index (κ1) is 14.4. The van der Waals surface area contributed by atoms with Crippen LogP contribution in [0.25, 0.3) is 0 Å². The third-order valence-corrected chi connectivity index (χ3v) is 2.94. The Kier molecular flexibility index (Phi) is 7.39. The summed E-state index contributed by atoms with van der Waals surface area (Å²) >= 11 is 0. The molecule has 0 aromatic heterocycles. The van der Waals surface area contributed by atoms with Crippen molar-refractivity contribution in [2.45, 2.75) is 59.5 Å². The highest BCUT2D eigenvalue weighted by molar-refractivity contribution is 5.78. The van der Waals surface area contributed by atoms with E-state index in [0.29, 0.717) is 24.5 Å². The van der Waals surface area contributed by atoms with Crippen molar-refractivity contribution in [1.82, 2.24) is 10.6 Å². The minimum Gasteiger partial charge on any atom is -0.352 e. The first-order chi connectivity index (χ1) is 7.01. The lowest BCUT2D eigenvalue weighted by Crippen LogP contribution is -2.43. The van der Waals surface area contributed by atoms with Gasteiger partial charge in [0.1, 0.15) is 0 Å². The predicted octanol–water partition coefficient (Wildman–Crippen LogP) is 1.93. The highest BCUT2D eigenvalue weighted by Crippen LogP contribution is 1.99. The second kappa shape index (κ2) is 7.69. The maximum atomic E-state index is 11.5. The smallest absolute Gasteiger partial charge is 0.234 e. The Hall–Kier alpha value is -0.570. The van der Waals surface area contributed by atoms with Crippen LogP contribution in [0.2, 0.25) is 0 Å². The third kappa shape index (κ3) is 6.50. The van der Waals surface area contributed by atoms with Crippen LogP contribution < -0.4 is 10.6 Å². The predicted molar refractivity (Wildman–Crippen MR) is 64.8 cm³/mol. The van der Waals surface area contributed by atoms with Crippen molar-refractivity contribution in [1.29, 1.82) is 0 Å². The molecule has 3 nitrogen and oxygen atoms in total. The molecule has 1 amide bonds. The Balaban J connectivity index is 3.74. The molecule has 3 heteroatoms. The molecule has 0 bridgehead atoms. The van der Waals surface area contributed by atoms with Crippen molar-refractivity contribution < 1.29 is 4.79 Å². The fourth-order valence-electron chi connectivity index (χ4n) is 1.26. The molecule has 0 aliphatic heterocycles. The highest BCUT2D eigenvalue weighted by atomic mass is 16.1. The summed E-state index contributed by atoms with van der Waals surface area (Å²) in [6.07, 6.45) is 2.00. The van der Waals surface area contributed by atoms with Crippen molar-refractivity contribution >= 4 is 5.91 Å². The van der Waals surface area contributed by atoms with Gasteiger partial charge in [-0.05, 0) is 25.7 Å². The van der Waals surface area contributed by atoms with E-state index in [0.717, 1.165) is 12.8 Å². The summed E-state index contributed by atoms with van der Waals surface area (Å²) in [6.45, 7) is 11.0. The van der Waals surface area contributed by atoms with Crippen LogP contribution in [0.15, 0.2) is 0 Å². The monoisotopic (exact) mass is 214 g/mol. The molecule has 0 saturated carbocycles. The average Bonchev–Trinajstić information content (AvgIpc) is 2.22. The van der Waals surface area contributed by atoms with Gasteiger partial charge in [0, 0.05) is 12.1 Å². The van der Waals surface area contributed by atoms with Crippen LogP contribution in [0.5, 0.6) is 0 Å². The van der Waals surface area contributed by atoms with Gasteiger partial charge >= 0.3 is 0 Å². The van der Waals surface area contributed by atoms with Crippen LogP contribution in [0, 0.1) is 5.92 Å². The molecule has 0 spiro atoms. The SMILES string of the molecule is CCC(CC)NC(=O)CNC(C)C(C)C. The van der Waals surface area contributed by atoms with E-state index >= 15 is 0 Å². The molecule has 90 valence electrons. The van der Waals surface area contributed by atoms with Crippen LogP contribution in [-0.2, 0) is 4.79 Å². The van der Waals surface area contributed by atoms with E-state index in [1.807, 2.05) is 0 Å². The molecule has 0 rings (SSSR count). The first-order valence-corrected chi connectivity index (χ1v) is 6.03. The van der Waals surface area contributed by atoms with Crippen LogP contribution in [-0.4, -0.2) is 24.5 Å². The Morgan fingerprint density at radius 3 is 2.07 bits per heavy atom. The summed E-state index contributed by atoms with van der Waals surface area (Å²) in [7, 11) is 0. The number of amides is 1. The van der Waals surface area contributed by atoms with E-state index in [1.54, 1.807) is 0 Å². The van der Waals surface area contributed by atoms with Crippen molar-refractivity contribution in [2.75, 3.05) is 6.54 Å². The summed E-state index contributed by atoms with van der Waals surface area (Å²) in [4.78, 5) is 11.5. The van der Waals surface area contributed by atoms with Crippen LogP contribution in [0.4, 0.5) is 0 Å². The van der Waals surface area contributed by atoms with E-state index in [4.69, 9.17) is 0 Å². The van der Waals surface area contributed by atoms with Gasteiger partial charge < -0.3 is 10.6 Å². The summed E-state index contributed by atoms with van der Waals surface area (Å²) in [5.74, 6) is 0.669. The summed E-state index contributed by atoms with van der Waals surface area (Å²) in [5.41, 5.74) is 0. The molecule has 0 fully saturated rings. The Morgan fingerprint density at radius 2 is 1.67 bits per heavy atom. The van der Waals surface area contributed by atoms with E-state index in [9.17, 15) is 4.79 Å². The maximum Gasteiger partial charge on any atom is 0.234 e. The number of hydrogen-bond acceptors (Lipinski definition) is 2. The number of carbonyl (C=O) groups is 1. The second-order valence-electron chi connectivity index (χ2n) is 4.49. The van der Waals surface area contributed by atoms with Crippen molar-refractivity contribution in [3.05, 3.63) is 0 Å². The van der Waals surface area contributed by atoms with Gasteiger partial charge in [0.15, 0.2) is 0 Å². The summed E-state index contributed by atoms with van der Waals surface area (Å²) in [6, 6.07) is 0.714. The van der Waals surface area contributed by atoms with Gasteiger partial charge in [-0.25, -0.2) is 0 Å². The van der Waals surface area contributed by atoms with Crippen molar-refractivity contribution in [3.63, 3.8) is 0 Å². The zero-order chi connectivity index (χ0) is 11.8. The lowest BCUT2D eigenvalue weighted by Gasteiger charge is -2.19. The van der Waals surface area contributed by atoms with Crippen LogP contribution in [0.1, 0.15) is 47.5 Å². The number of carbonyl (C=O) groups excluding carboxylic acids is 1.